The fourth-order valence-corrected chi connectivity index (χ4v) is 4.02. The summed E-state index contributed by atoms with van der Waals surface area (Å²) in [6.07, 6.45) is 6.15. The van der Waals surface area contributed by atoms with Gasteiger partial charge in [0.15, 0.2) is 5.96 Å². The van der Waals surface area contributed by atoms with E-state index < -0.39 is 0 Å². The van der Waals surface area contributed by atoms with E-state index in [1.54, 1.807) is 0 Å². The smallest absolute Gasteiger partial charge is 0.194 e. The van der Waals surface area contributed by atoms with E-state index in [4.69, 9.17) is 4.99 Å². The Bertz CT molecular complexity index is 676. The van der Waals surface area contributed by atoms with Crippen LogP contribution in [0.1, 0.15) is 25.6 Å². The van der Waals surface area contributed by atoms with Crippen LogP contribution in [0.15, 0.2) is 34.9 Å². The summed E-state index contributed by atoms with van der Waals surface area (Å²) in [5.41, 5.74) is 0. The molecule has 0 spiro atoms. The van der Waals surface area contributed by atoms with Gasteiger partial charge in [0.1, 0.15) is 5.82 Å². The number of unbranched alkanes of at least 4 members (excludes halogenated alkanes) is 1. The number of thiophene rings is 1. The number of anilines is 1. The number of piperazine rings is 1. The number of aliphatic imine (C=N–C) groups is 1. The number of nitrogens with zero attached hydrogens (tertiary/aromatic N) is 5. The second kappa shape index (κ2) is 11.5. The summed E-state index contributed by atoms with van der Waals surface area (Å²) >= 11 is 1.82. The quantitative estimate of drug-likeness (QED) is 0.273. The average Bonchev–Trinajstić information content (AvgIpc) is 3.33. The van der Waals surface area contributed by atoms with Gasteiger partial charge in [-0.15, -0.1) is 35.3 Å². The SMILES string of the molecule is CCNC(=NCCCCn1ccnc1C)N1CCN(c2cccs2)CC1.I. The van der Waals surface area contributed by atoms with Gasteiger partial charge >= 0.3 is 0 Å². The van der Waals surface area contributed by atoms with Crippen molar-refractivity contribution in [2.45, 2.75) is 33.2 Å². The molecule has 6 nitrogen and oxygen atoms in total. The number of halogens is 1. The van der Waals surface area contributed by atoms with Crippen LogP contribution in [-0.2, 0) is 6.54 Å². The summed E-state index contributed by atoms with van der Waals surface area (Å²) < 4.78 is 2.21. The van der Waals surface area contributed by atoms with Crippen molar-refractivity contribution in [3.05, 3.63) is 35.7 Å². The number of imidazole rings is 1. The van der Waals surface area contributed by atoms with Crippen molar-refractivity contribution in [1.82, 2.24) is 19.8 Å². The first-order chi connectivity index (χ1) is 12.8. The first-order valence-electron chi connectivity index (χ1n) is 9.57. The van der Waals surface area contributed by atoms with Gasteiger partial charge in [-0.2, -0.15) is 0 Å². The van der Waals surface area contributed by atoms with E-state index in [-0.39, 0.29) is 24.0 Å². The number of hydrogen-bond donors (Lipinski definition) is 1. The molecule has 3 heterocycles. The van der Waals surface area contributed by atoms with Crippen molar-refractivity contribution in [2.24, 2.45) is 4.99 Å². The number of guanidine groups is 1. The number of rotatable bonds is 7. The molecule has 1 saturated heterocycles. The number of nitrogens with one attached hydrogen (secondary N) is 1. The van der Waals surface area contributed by atoms with E-state index in [0.717, 1.165) is 70.4 Å². The molecular weight excluding hydrogens is 471 g/mol. The maximum atomic E-state index is 4.86. The molecule has 1 aliphatic heterocycles. The largest absolute Gasteiger partial charge is 0.360 e. The van der Waals surface area contributed by atoms with Crippen molar-refractivity contribution < 1.29 is 0 Å². The molecule has 0 bridgehead atoms. The first-order valence-corrected chi connectivity index (χ1v) is 10.5. The predicted octanol–water partition coefficient (Wildman–Crippen LogP) is 3.44. The molecule has 150 valence electrons. The maximum absolute atomic E-state index is 4.86. The van der Waals surface area contributed by atoms with Crippen LogP contribution in [0.3, 0.4) is 0 Å². The van der Waals surface area contributed by atoms with Gasteiger partial charge in [0, 0.05) is 58.2 Å². The Morgan fingerprint density at radius 2 is 2.07 bits per heavy atom. The van der Waals surface area contributed by atoms with Gasteiger partial charge in [0.25, 0.3) is 0 Å². The van der Waals surface area contributed by atoms with E-state index in [1.165, 1.54) is 5.00 Å². The Labute approximate surface area is 183 Å². The maximum Gasteiger partial charge on any atom is 0.194 e. The fraction of sp³-hybridized carbons (Fsp3) is 0.579. The molecule has 8 heteroatoms. The Morgan fingerprint density at radius 1 is 1.26 bits per heavy atom. The zero-order valence-corrected chi connectivity index (χ0v) is 19.5. The van der Waals surface area contributed by atoms with Crippen LogP contribution in [0.2, 0.25) is 0 Å². The van der Waals surface area contributed by atoms with Crippen LogP contribution in [0, 0.1) is 6.92 Å². The second-order valence-corrected chi connectivity index (χ2v) is 7.46. The molecule has 1 aliphatic rings. The highest BCUT2D eigenvalue weighted by atomic mass is 127. The van der Waals surface area contributed by atoms with Crippen LogP contribution in [0.4, 0.5) is 5.00 Å². The van der Waals surface area contributed by atoms with Crippen molar-refractivity contribution in [3.63, 3.8) is 0 Å². The molecule has 2 aromatic heterocycles. The summed E-state index contributed by atoms with van der Waals surface area (Å²) in [4.78, 5) is 14.0. The van der Waals surface area contributed by atoms with Crippen LogP contribution in [0.25, 0.3) is 0 Å². The van der Waals surface area contributed by atoms with E-state index in [1.807, 2.05) is 17.5 Å². The zero-order valence-electron chi connectivity index (χ0n) is 16.3. The summed E-state index contributed by atoms with van der Waals surface area (Å²) in [5.74, 6) is 2.16. The van der Waals surface area contributed by atoms with Gasteiger partial charge in [-0.05, 0) is 44.2 Å². The molecule has 0 radical (unpaired) electrons. The third kappa shape index (κ3) is 6.38. The first kappa shape index (κ1) is 22.0. The molecule has 0 saturated carbocycles. The Hall–Kier alpha value is -1.29. The normalized spacial score (nSPS) is 15.0. The van der Waals surface area contributed by atoms with Crippen LogP contribution in [0.5, 0.6) is 0 Å². The van der Waals surface area contributed by atoms with Gasteiger partial charge in [0.05, 0.1) is 5.00 Å². The average molecular weight is 502 g/mol. The lowest BCUT2D eigenvalue weighted by Gasteiger charge is -2.37. The van der Waals surface area contributed by atoms with Gasteiger partial charge in [-0.25, -0.2) is 4.98 Å². The predicted molar refractivity (Wildman–Crippen MR) is 126 cm³/mol. The second-order valence-electron chi connectivity index (χ2n) is 6.54. The summed E-state index contributed by atoms with van der Waals surface area (Å²) in [6, 6.07) is 4.34. The standard InChI is InChI=1S/C19H30N6S.HI/c1-3-20-19(22-8-4-5-10-23-11-9-21-17(23)2)25-14-12-24(13-15-25)18-7-6-16-26-18;/h6-7,9,11,16H,3-5,8,10,12-15H2,1-2H3,(H,20,22);1H. The summed E-state index contributed by atoms with van der Waals surface area (Å²) in [7, 11) is 0. The monoisotopic (exact) mass is 502 g/mol. The molecule has 1 N–H and O–H groups in total. The van der Waals surface area contributed by atoms with E-state index >= 15 is 0 Å². The van der Waals surface area contributed by atoms with E-state index in [0.29, 0.717) is 0 Å². The minimum Gasteiger partial charge on any atom is -0.360 e. The van der Waals surface area contributed by atoms with Crippen molar-refractivity contribution in [1.29, 1.82) is 0 Å². The Kier molecular flexibility index (Phi) is 9.40. The lowest BCUT2D eigenvalue weighted by molar-refractivity contribution is 0.373. The van der Waals surface area contributed by atoms with Crippen LogP contribution < -0.4 is 10.2 Å². The van der Waals surface area contributed by atoms with Gasteiger partial charge < -0.3 is 19.7 Å². The van der Waals surface area contributed by atoms with Gasteiger partial charge in [-0.3, -0.25) is 4.99 Å². The highest BCUT2D eigenvalue weighted by Gasteiger charge is 2.20. The molecule has 27 heavy (non-hydrogen) atoms. The van der Waals surface area contributed by atoms with Crippen molar-refractivity contribution >= 4 is 46.3 Å². The highest BCUT2D eigenvalue weighted by Crippen LogP contribution is 2.22. The van der Waals surface area contributed by atoms with Crippen molar-refractivity contribution in [3.8, 4) is 0 Å². The third-order valence-corrected chi connectivity index (χ3v) is 5.65. The number of aromatic nitrogens is 2. The van der Waals surface area contributed by atoms with Crippen molar-refractivity contribution in [2.75, 3.05) is 44.2 Å². The molecule has 0 unspecified atom stereocenters. The molecule has 2 aromatic rings. The molecule has 3 rings (SSSR count). The fourth-order valence-electron chi connectivity index (χ4n) is 3.23. The number of aryl methyl sites for hydroxylation is 2. The zero-order chi connectivity index (χ0) is 18.2. The van der Waals surface area contributed by atoms with Gasteiger partial charge in [-0.1, -0.05) is 0 Å². The third-order valence-electron chi connectivity index (χ3n) is 4.72. The lowest BCUT2D eigenvalue weighted by Crippen LogP contribution is -2.52. The molecule has 0 amide bonds. The van der Waals surface area contributed by atoms with Crippen LogP contribution >= 0.6 is 35.3 Å². The molecule has 0 atom stereocenters. The molecule has 0 aliphatic carbocycles. The number of hydrogen-bond acceptors (Lipinski definition) is 4. The van der Waals surface area contributed by atoms with Crippen LogP contribution in [-0.4, -0.2) is 59.7 Å². The minimum absolute atomic E-state index is 0. The lowest BCUT2D eigenvalue weighted by atomic mass is 10.3. The summed E-state index contributed by atoms with van der Waals surface area (Å²) in [5, 5.41) is 6.99. The molecular formula is C19H31IN6S. The Balaban J connectivity index is 0.00000261. The van der Waals surface area contributed by atoms with Gasteiger partial charge in [0.2, 0.25) is 0 Å². The highest BCUT2D eigenvalue weighted by molar-refractivity contribution is 14.0. The molecule has 1 fully saturated rings. The minimum atomic E-state index is 0. The van der Waals surface area contributed by atoms with E-state index in [9.17, 15) is 0 Å². The summed E-state index contributed by atoms with van der Waals surface area (Å²) in [6.45, 7) is 11.2. The topological polar surface area (TPSA) is 48.7 Å². The Morgan fingerprint density at radius 3 is 2.70 bits per heavy atom. The van der Waals surface area contributed by atoms with E-state index in [2.05, 4.69) is 62.2 Å². The molecule has 0 aromatic carbocycles.